The zero-order valence-electron chi connectivity index (χ0n) is 13.3. The predicted octanol–water partition coefficient (Wildman–Crippen LogP) is 2.27. The number of hydrazine groups is 1. The van der Waals surface area contributed by atoms with E-state index in [0.717, 1.165) is 16.5 Å². The van der Waals surface area contributed by atoms with Gasteiger partial charge in [-0.3, -0.25) is 20.4 Å². The van der Waals surface area contributed by atoms with E-state index in [9.17, 15) is 14.7 Å². The number of phenolic OH excluding ortho intramolecular Hbond substituents is 1. The Kier molecular flexibility index (Phi) is 3.95. The third-order valence-electron chi connectivity index (χ3n) is 3.83. The number of aromatic nitrogens is 1. The maximum absolute atomic E-state index is 12.3. The Morgan fingerprint density at radius 3 is 2.38 bits per heavy atom. The number of phenols is 1. The van der Waals surface area contributed by atoms with Crippen molar-refractivity contribution in [3.63, 3.8) is 0 Å². The Labute approximate surface area is 138 Å². The lowest BCUT2D eigenvalue weighted by molar-refractivity contribution is 0.0846. The molecule has 3 N–H and O–H groups in total. The Bertz CT molecular complexity index is 944. The summed E-state index contributed by atoms with van der Waals surface area (Å²) in [4.78, 5) is 24.4. The number of fused-ring (bicyclic) bond motifs is 1. The molecular weight excluding hydrogens is 306 g/mol. The number of hydrogen-bond acceptors (Lipinski definition) is 3. The first kappa shape index (κ1) is 15.6. The van der Waals surface area contributed by atoms with Crippen LogP contribution in [0.15, 0.2) is 48.7 Å². The van der Waals surface area contributed by atoms with E-state index in [-0.39, 0.29) is 11.3 Å². The largest absolute Gasteiger partial charge is 0.507 e. The number of benzene rings is 2. The highest BCUT2D eigenvalue weighted by atomic mass is 16.3. The van der Waals surface area contributed by atoms with Crippen molar-refractivity contribution in [1.29, 1.82) is 0 Å². The molecule has 0 atom stereocenters. The van der Waals surface area contributed by atoms with Crippen LogP contribution in [-0.4, -0.2) is 21.5 Å². The number of aromatic hydroxyl groups is 1. The fourth-order valence-electron chi connectivity index (χ4n) is 2.60. The zero-order chi connectivity index (χ0) is 17.3. The molecule has 6 nitrogen and oxygen atoms in total. The molecule has 0 saturated carbocycles. The molecule has 24 heavy (non-hydrogen) atoms. The first-order valence-corrected chi connectivity index (χ1v) is 7.41. The Hall–Kier alpha value is -3.28. The minimum absolute atomic E-state index is 0.0961. The fraction of sp³-hybridized carbons (Fsp3) is 0.111. The van der Waals surface area contributed by atoms with Gasteiger partial charge in [0.15, 0.2) is 0 Å². The van der Waals surface area contributed by atoms with Gasteiger partial charge >= 0.3 is 0 Å². The summed E-state index contributed by atoms with van der Waals surface area (Å²) in [6, 6.07) is 12.2. The van der Waals surface area contributed by atoms with Crippen LogP contribution in [0.25, 0.3) is 10.9 Å². The summed E-state index contributed by atoms with van der Waals surface area (Å²) in [5.74, 6) is -1.14. The van der Waals surface area contributed by atoms with Gasteiger partial charge < -0.3 is 9.67 Å². The van der Waals surface area contributed by atoms with Crippen LogP contribution >= 0.6 is 0 Å². The molecule has 2 amide bonds. The lowest BCUT2D eigenvalue weighted by atomic mass is 10.1. The number of hydrogen-bond donors (Lipinski definition) is 3. The number of amides is 2. The number of aryl methyl sites for hydroxylation is 2. The van der Waals surface area contributed by atoms with Crippen LogP contribution in [-0.2, 0) is 7.05 Å². The molecule has 0 radical (unpaired) electrons. The number of nitrogens with one attached hydrogen (secondary N) is 2. The highest BCUT2D eigenvalue weighted by molar-refractivity contribution is 6.08. The Morgan fingerprint density at radius 1 is 1.00 bits per heavy atom. The highest BCUT2D eigenvalue weighted by Crippen LogP contribution is 2.20. The van der Waals surface area contributed by atoms with Gasteiger partial charge in [-0.1, -0.05) is 24.3 Å². The van der Waals surface area contributed by atoms with E-state index in [2.05, 4.69) is 10.9 Å². The SMILES string of the molecule is Cc1ccc(C(=O)NNC(=O)c2cn(C)c3ccccc23)c(O)c1. The van der Waals surface area contributed by atoms with Gasteiger partial charge in [0, 0.05) is 24.1 Å². The molecule has 3 rings (SSSR count). The van der Waals surface area contributed by atoms with Crippen molar-refractivity contribution in [1.82, 2.24) is 15.4 Å². The molecule has 6 heteroatoms. The van der Waals surface area contributed by atoms with E-state index in [1.807, 2.05) is 42.8 Å². The first-order chi connectivity index (χ1) is 11.5. The van der Waals surface area contributed by atoms with E-state index in [0.29, 0.717) is 5.56 Å². The first-order valence-electron chi connectivity index (χ1n) is 7.41. The van der Waals surface area contributed by atoms with Gasteiger partial charge in [0.05, 0.1) is 11.1 Å². The standard InChI is InChI=1S/C18H17N3O3/c1-11-7-8-13(16(22)9-11)17(23)19-20-18(24)14-10-21(2)15-6-4-3-5-12(14)15/h3-10,22H,1-2H3,(H,19,23)(H,20,24). The zero-order valence-corrected chi connectivity index (χ0v) is 13.3. The van der Waals surface area contributed by atoms with Crippen LogP contribution in [0.5, 0.6) is 5.75 Å². The van der Waals surface area contributed by atoms with Gasteiger partial charge in [-0.2, -0.15) is 0 Å². The van der Waals surface area contributed by atoms with Crippen LogP contribution in [0.4, 0.5) is 0 Å². The van der Waals surface area contributed by atoms with Gasteiger partial charge in [-0.15, -0.1) is 0 Å². The topological polar surface area (TPSA) is 83.4 Å². The summed E-state index contributed by atoms with van der Waals surface area (Å²) in [7, 11) is 1.85. The maximum atomic E-state index is 12.3. The van der Waals surface area contributed by atoms with Crippen LogP contribution in [0.2, 0.25) is 0 Å². The molecule has 0 aliphatic heterocycles. The van der Waals surface area contributed by atoms with Gasteiger partial charge in [-0.05, 0) is 30.7 Å². The maximum Gasteiger partial charge on any atom is 0.273 e. The molecule has 122 valence electrons. The average Bonchev–Trinajstić information content (AvgIpc) is 2.90. The lowest BCUT2D eigenvalue weighted by Gasteiger charge is -2.08. The van der Waals surface area contributed by atoms with Crippen molar-refractivity contribution in [2.75, 3.05) is 0 Å². The fourth-order valence-corrected chi connectivity index (χ4v) is 2.60. The molecule has 1 aromatic heterocycles. The van der Waals surface area contributed by atoms with E-state index >= 15 is 0 Å². The third kappa shape index (κ3) is 2.81. The second kappa shape index (κ2) is 6.08. The average molecular weight is 323 g/mol. The number of carbonyl (C=O) groups is 2. The Morgan fingerprint density at radius 2 is 1.67 bits per heavy atom. The molecule has 0 unspecified atom stereocenters. The molecule has 2 aromatic carbocycles. The molecule has 0 spiro atoms. The van der Waals surface area contributed by atoms with E-state index in [1.165, 1.54) is 12.1 Å². The van der Waals surface area contributed by atoms with Gasteiger partial charge in [0.2, 0.25) is 0 Å². The lowest BCUT2D eigenvalue weighted by Crippen LogP contribution is -2.41. The quantitative estimate of drug-likeness (QED) is 0.633. The molecule has 0 fully saturated rings. The van der Waals surface area contributed by atoms with E-state index in [4.69, 9.17) is 0 Å². The molecule has 0 saturated heterocycles. The summed E-state index contributed by atoms with van der Waals surface area (Å²) in [5.41, 5.74) is 7.02. The summed E-state index contributed by atoms with van der Waals surface area (Å²) in [6.07, 6.45) is 1.70. The third-order valence-corrected chi connectivity index (χ3v) is 3.83. The van der Waals surface area contributed by atoms with Gasteiger partial charge in [-0.25, -0.2) is 0 Å². The second-order valence-corrected chi connectivity index (χ2v) is 5.60. The number of para-hydroxylation sites is 1. The van der Waals surface area contributed by atoms with Crippen molar-refractivity contribution >= 4 is 22.7 Å². The summed E-state index contributed by atoms with van der Waals surface area (Å²) in [5, 5.41) is 10.6. The van der Waals surface area contributed by atoms with Crippen LogP contribution in [0, 0.1) is 6.92 Å². The Balaban J connectivity index is 1.76. The highest BCUT2D eigenvalue weighted by Gasteiger charge is 2.16. The van der Waals surface area contributed by atoms with Gasteiger partial charge in [0.25, 0.3) is 11.8 Å². The molecule has 0 aliphatic rings. The monoisotopic (exact) mass is 323 g/mol. The number of carbonyl (C=O) groups excluding carboxylic acids is 2. The van der Waals surface area contributed by atoms with Crippen LogP contribution < -0.4 is 10.9 Å². The van der Waals surface area contributed by atoms with Crippen molar-refractivity contribution in [2.24, 2.45) is 7.05 Å². The second-order valence-electron chi connectivity index (χ2n) is 5.60. The summed E-state index contributed by atoms with van der Waals surface area (Å²) in [6.45, 7) is 1.81. The van der Waals surface area contributed by atoms with Crippen LogP contribution in [0.3, 0.4) is 0 Å². The molecule has 0 bridgehead atoms. The smallest absolute Gasteiger partial charge is 0.273 e. The minimum atomic E-state index is -0.582. The predicted molar refractivity (Wildman–Crippen MR) is 90.7 cm³/mol. The van der Waals surface area contributed by atoms with Crippen molar-refractivity contribution < 1.29 is 14.7 Å². The summed E-state index contributed by atoms with van der Waals surface area (Å²) < 4.78 is 1.85. The van der Waals surface area contributed by atoms with E-state index in [1.54, 1.807) is 12.3 Å². The molecule has 3 aromatic rings. The summed E-state index contributed by atoms with van der Waals surface area (Å²) >= 11 is 0. The van der Waals surface area contributed by atoms with Crippen LogP contribution in [0.1, 0.15) is 26.3 Å². The number of rotatable bonds is 2. The molecular formula is C18H17N3O3. The number of nitrogens with zero attached hydrogens (tertiary/aromatic N) is 1. The minimum Gasteiger partial charge on any atom is -0.507 e. The normalized spacial score (nSPS) is 10.6. The molecule has 0 aliphatic carbocycles. The van der Waals surface area contributed by atoms with E-state index < -0.39 is 11.8 Å². The van der Waals surface area contributed by atoms with Crippen molar-refractivity contribution in [2.45, 2.75) is 6.92 Å². The molecule has 1 heterocycles. The van der Waals surface area contributed by atoms with Crippen molar-refractivity contribution in [3.8, 4) is 5.75 Å². The van der Waals surface area contributed by atoms with Crippen molar-refractivity contribution in [3.05, 3.63) is 65.4 Å². The van der Waals surface area contributed by atoms with Gasteiger partial charge in [0.1, 0.15) is 5.75 Å².